The Balaban J connectivity index is 0.869. The Morgan fingerprint density at radius 3 is 2.60 bits per heavy atom. The van der Waals surface area contributed by atoms with Crippen LogP contribution in [-0.4, -0.2) is 85.7 Å². The molecule has 17 heteroatoms. The molecule has 1 aliphatic carbocycles. The Kier molecular flexibility index (Phi) is 11.4. The largest absolute Gasteiger partial charge is 0.489 e. The number of H-pyrrole nitrogens is 1. The van der Waals surface area contributed by atoms with E-state index in [0.717, 1.165) is 57.1 Å². The molecule has 0 bridgehead atoms. The number of anilines is 2. The molecule has 3 saturated heterocycles. The Morgan fingerprint density at radius 1 is 1.05 bits per heavy atom. The van der Waals surface area contributed by atoms with E-state index in [1.807, 2.05) is 0 Å². The average molecular weight is 908 g/mol. The van der Waals surface area contributed by atoms with Crippen molar-refractivity contribution in [3.8, 4) is 17.2 Å². The Morgan fingerprint density at radius 2 is 1.83 bits per heavy atom. The van der Waals surface area contributed by atoms with Crippen molar-refractivity contribution in [3.63, 3.8) is 0 Å². The van der Waals surface area contributed by atoms with Gasteiger partial charge in [-0.1, -0.05) is 38.1 Å². The number of nitrogens with zero attached hydrogens (tertiary/aromatic N) is 4. The molecule has 3 aromatic carbocycles. The van der Waals surface area contributed by atoms with Gasteiger partial charge in [-0.05, 0) is 104 Å². The Hall–Kier alpha value is -5.78. The van der Waals surface area contributed by atoms with Gasteiger partial charge in [-0.15, -0.1) is 0 Å². The standard InChI is InChI=1S/C48H54FN7O8S/c1-29(2)35-6-3-4-7-36(35)41-8-5-15-55(41)32-24-48(25-32)13-16-54(17-14-48)31-9-10-37(43(20-31)64-33-21-38-39(49)27-51-46(38)50-26-33)47(57)53-65(60,61)34-22-42(56(58)59)45-44(23-34)63-28-40(52-45)30-11-18-62-19-12-30/h3-4,6-7,9-10,20-23,26-27,29-30,32,40-41,52H,5,8,11-19,24-25,28H2,1-2H3,(H,50,51)(H,53,57)/t40-,41-/m1/s1. The highest BCUT2D eigenvalue weighted by Gasteiger charge is 2.50. The highest BCUT2D eigenvalue weighted by molar-refractivity contribution is 7.90. The van der Waals surface area contributed by atoms with E-state index in [1.54, 1.807) is 12.1 Å². The van der Waals surface area contributed by atoms with Crippen LogP contribution in [0.15, 0.2) is 78.0 Å². The summed E-state index contributed by atoms with van der Waals surface area (Å²) in [5, 5.41) is 15.7. The van der Waals surface area contributed by atoms with Gasteiger partial charge in [0, 0.05) is 68.5 Å². The third-order valence-electron chi connectivity index (χ3n) is 14.5. The fraction of sp³-hybridized carbons (Fsp3) is 0.458. The van der Waals surface area contributed by atoms with E-state index >= 15 is 0 Å². The highest BCUT2D eigenvalue weighted by Crippen LogP contribution is 2.54. The first-order chi connectivity index (χ1) is 31.3. The smallest absolute Gasteiger partial charge is 0.297 e. The third kappa shape index (κ3) is 8.38. The molecule has 2 aromatic heterocycles. The maximum Gasteiger partial charge on any atom is 0.297 e. The molecular formula is C48H54FN7O8S. The number of piperidine rings is 1. The molecule has 342 valence electrons. The summed E-state index contributed by atoms with van der Waals surface area (Å²) >= 11 is 0. The summed E-state index contributed by atoms with van der Waals surface area (Å²) in [6, 6.07) is 18.3. The number of hydrogen-bond donors (Lipinski definition) is 3. The van der Waals surface area contributed by atoms with Crippen LogP contribution in [0.1, 0.15) is 98.7 Å². The van der Waals surface area contributed by atoms with Gasteiger partial charge < -0.3 is 29.4 Å². The summed E-state index contributed by atoms with van der Waals surface area (Å²) in [5.41, 5.74) is 3.76. The quantitative estimate of drug-likeness (QED) is 0.0848. The van der Waals surface area contributed by atoms with Crippen LogP contribution < -0.4 is 24.4 Å². The first kappa shape index (κ1) is 43.1. The number of aromatic amines is 1. The molecule has 5 aromatic rings. The van der Waals surface area contributed by atoms with Crippen LogP contribution in [0.5, 0.6) is 17.2 Å². The zero-order valence-electron chi connectivity index (χ0n) is 36.6. The normalized spacial score (nSPS) is 21.4. The second-order valence-corrected chi connectivity index (χ2v) is 20.4. The number of nitro benzene ring substituents is 1. The van der Waals surface area contributed by atoms with Crippen molar-refractivity contribution in [2.24, 2.45) is 11.3 Å². The second-order valence-electron chi connectivity index (χ2n) is 18.7. The second kappa shape index (κ2) is 17.2. The maximum absolute atomic E-state index is 14.6. The average Bonchev–Trinajstić information content (AvgIpc) is 3.94. The molecular weight excluding hydrogens is 854 g/mol. The van der Waals surface area contributed by atoms with Gasteiger partial charge in [0.05, 0.1) is 33.0 Å². The predicted octanol–water partition coefficient (Wildman–Crippen LogP) is 8.83. The van der Waals surface area contributed by atoms with Gasteiger partial charge in [0.1, 0.15) is 29.6 Å². The molecule has 1 saturated carbocycles. The molecule has 5 aliphatic rings. The first-order valence-electron chi connectivity index (χ1n) is 22.8. The molecule has 4 fully saturated rings. The SMILES string of the molecule is CC(C)c1ccccc1[C@H]1CCCN1C1CC2(CCN(c3ccc(C(=O)NS(=O)(=O)c4cc5c(c([N+](=O)[O-])c4)N[C@@H](C4CCOCC4)CO5)c(Oc4cnc5[nH]cc(F)c5c4)c3)CC2)C1. The number of carbonyl (C=O) groups excluding carboxylic acids is 1. The minimum Gasteiger partial charge on any atom is -0.489 e. The molecule has 65 heavy (non-hydrogen) atoms. The fourth-order valence-corrected chi connectivity index (χ4v) is 12.0. The summed E-state index contributed by atoms with van der Waals surface area (Å²) in [4.78, 5) is 37.2. The van der Waals surface area contributed by atoms with E-state index in [1.165, 1.54) is 67.4 Å². The lowest BCUT2D eigenvalue weighted by Gasteiger charge is -2.56. The van der Waals surface area contributed by atoms with E-state index in [4.69, 9.17) is 14.2 Å². The third-order valence-corrected chi connectivity index (χ3v) is 15.8. The van der Waals surface area contributed by atoms with Crippen molar-refractivity contribution >= 4 is 44.0 Å². The van der Waals surface area contributed by atoms with Crippen molar-refractivity contribution in [2.75, 3.05) is 49.7 Å². The van der Waals surface area contributed by atoms with Crippen molar-refractivity contribution in [1.82, 2.24) is 19.6 Å². The lowest BCUT2D eigenvalue weighted by molar-refractivity contribution is -0.384. The molecule has 1 spiro atoms. The lowest BCUT2D eigenvalue weighted by Crippen LogP contribution is -2.54. The molecule has 0 radical (unpaired) electrons. The molecule has 1 amide bonds. The summed E-state index contributed by atoms with van der Waals surface area (Å²) in [6.45, 7) is 8.59. The van der Waals surface area contributed by atoms with Crippen LogP contribution in [-0.2, 0) is 14.8 Å². The minimum atomic E-state index is -4.69. The maximum atomic E-state index is 14.6. The van der Waals surface area contributed by atoms with Gasteiger partial charge in [0.25, 0.3) is 21.6 Å². The molecule has 10 rings (SSSR count). The molecule has 4 aliphatic heterocycles. The van der Waals surface area contributed by atoms with Gasteiger partial charge >= 0.3 is 0 Å². The van der Waals surface area contributed by atoms with Crippen molar-refractivity contribution in [1.29, 1.82) is 0 Å². The number of rotatable bonds is 11. The zero-order valence-corrected chi connectivity index (χ0v) is 37.4. The minimum absolute atomic E-state index is 0.00280. The predicted molar refractivity (Wildman–Crippen MR) is 243 cm³/mol. The first-order valence-corrected chi connectivity index (χ1v) is 24.2. The number of ether oxygens (including phenoxy) is 3. The van der Waals surface area contributed by atoms with Crippen LogP contribution in [0.3, 0.4) is 0 Å². The van der Waals surface area contributed by atoms with Gasteiger partial charge in [0.2, 0.25) is 0 Å². The van der Waals surface area contributed by atoms with E-state index in [9.17, 15) is 27.7 Å². The van der Waals surface area contributed by atoms with E-state index in [2.05, 4.69) is 67.9 Å². The van der Waals surface area contributed by atoms with Crippen molar-refractivity contribution < 1.29 is 36.7 Å². The molecule has 15 nitrogen and oxygen atoms in total. The van der Waals surface area contributed by atoms with Crippen molar-refractivity contribution in [3.05, 3.63) is 106 Å². The Labute approximate surface area is 377 Å². The van der Waals surface area contributed by atoms with E-state index in [0.29, 0.717) is 36.9 Å². The number of benzene rings is 3. The van der Waals surface area contributed by atoms with Gasteiger partial charge in [-0.2, -0.15) is 0 Å². The fourth-order valence-electron chi connectivity index (χ4n) is 11.0. The number of sulfonamides is 1. The number of carbonyl (C=O) groups is 1. The van der Waals surface area contributed by atoms with E-state index in [-0.39, 0.29) is 57.9 Å². The van der Waals surface area contributed by atoms with Crippen LogP contribution in [0.4, 0.5) is 21.5 Å². The van der Waals surface area contributed by atoms with Crippen molar-refractivity contribution in [2.45, 2.75) is 94.2 Å². The number of nitrogens with one attached hydrogen (secondary N) is 3. The number of aromatic nitrogens is 2. The number of likely N-dealkylation sites (tertiary alicyclic amines) is 1. The van der Waals surface area contributed by atoms with Crippen LogP contribution >= 0.6 is 0 Å². The zero-order chi connectivity index (χ0) is 45.0. The van der Waals surface area contributed by atoms with Crippen LogP contribution in [0, 0.1) is 27.3 Å². The number of pyridine rings is 1. The lowest BCUT2D eigenvalue weighted by atomic mass is 9.59. The van der Waals surface area contributed by atoms with Crippen LogP contribution in [0.2, 0.25) is 0 Å². The van der Waals surface area contributed by atoms with Gasteiger partial charge in [-0.25, -0.2) is 22.5 Å². The Bertz CT molecular complexity index is 2740. The summed E-state index contributed by atoms with van der Waals surface area (Å²) in [6.07, 6.45) is 10.9. The molecule has 3 N–H and O–H groups in total. The van der Waals surface area contributed by atoms with Crippen LogP contribution in [0.25, 0.3) is 11.0 Å². The summed E-state index contributed by atoms with van der Waals surface area (Å²) in [5.74, 6) is -0.760. The van der Waals surface area contributed by atoms with Gasteiger partial charge in [0.15, 0.2) is 11.4 Å². The molecule has 0 unspecified atom stereocenters. The summed E-state index contributed by atoms with van der Waals surface area (Å²) in [7, 11) is -4.69. The molecule has 2 atom stereocenters. The van der Waals surface area contributed by atoms with E-state index < -0.39 is 37.3 Å². The highest BCUT2D eigenvalue weighted by atomic mass is 32.2. The summed E-state index contributed by atoms with van der Waals surface area (Å²) < 4.78 is 62.2. The number of hydrogen-bond acceptors (Lipinski definition) is 12. The number of fused-ring (bicyclic) bond motifs is 2. The topological polar surface area (TPSA) is 181 Å². The molecule has 6 heterocycles. The number of nitro groups is 1. The monoisotopic (exact) mass is 907 g/mol. The number of amides is 1. The number of halogens is 1. The van der Waals surface area contributed by atoms with Gasteiger partial charge in [-0.3, -0.25) is 19.8 Å².